The van der Waals surface area contributed by atoms with Gasteiger partial charge in [0.1, 0.15) is 5.65 Å². The zero-order chi connectivity index (χ0) is 17.5. The lowest BCUT2D eigenvalue weighted by Gasteiger charge is -2.45. The number of fused-ring (bicyclic) bond motifs is 1. The minimum absolute atomic E-state index is 0.538. The van der Waals surface area contributed by atoms with E-state index in [1.807, 2.05) is 0 Å². The van der Waals surface area contributed by atoms with E-state index in [4.69, 9.17) is 0 Å². The van der Waals surface area contributed by atoms with Gasteiger partial charge in [0, 0.05) is 17.3 Å². The van der Waals surface area contributed by atoms with Gasteiger partial charge in [-0.05, 0) is 41.1 Å². The fourth-order valence-corrected chi connectivity index (χ4v) is 11.5. The third-order valence-electron chi connectivity index (χ3n) is 5.36. The number of nitrogens with zero attached hydrogens (tertiary/aromatic N) is 2. The molecule has 0 atom stereocenters. The van der Waals surface area contributed by atoms with E-state index in [9.17, 15) is 10.0 Å². The van der Waals surface area contributed by atoms with Crippen LogP contribution in [0.4, 0.5) is 0 Å². The Morgan fingerprint density at radius 2 is 1.57 bits per heavy atom. The molecule has 0 saturated carbocycles. The first-order valence-corrected chi connectivity index (χ1v) is 10.7. The van der Waals surface area contributed by atoms with Crippen molar-refractivity contribution in [3.8, 4) is 0 Å². The minimum atomic E-state index is -1.93. The molecule has 2 aromatic heterocycles. The molecule has 0 aliphatic carbocycles. The Morgan fingerprint density at radius 1 is 1.04 bits per heavy atom. The van der Waals surface area contributed by atoms with Crippen molar-refractivity contribution in [2.75, 3.05) is 0 Å². The second-order valence-corrected chi connectivity index (χ2v) is 13.2. The van der Waals surface area contributed by atoms with Crippen molar-refractivity contribution in [1.82, 2.24) is 9.22 Å². The van der Waals surface area contributed by atoms with Gasteiger partial charge in [-0.3, -0.25) is 0 Å². The summed E-state index contributed by atoms with van der Waals surface area (Å²) in [6.45, 7) is 16.0. The monoisotopic (exact) mass is 332 g/mol. The van der Waals surface area contributed by atoms with Crippen LogP contribution < -0.4 is 5.46 Å². The Hall–Kier alpha value is -1.11. The molecule has 0 aliphatic rings. The fraction of sp³-hybridized carbons (Fsp3) is 0.588. The van der Waals surface area contributed by atoms with Gasteiger partial charge in [0.05, 0.1) is 0 Å². The summed E-state index contributed by atoms with van der Waals surface area (Å²) in [7, 11) is -3.40. The van der Waals surface area contributed by atoms with Crippen molar-refractivity contribution in [2.24, 2.45) is 0 Å². The van der Waals surface area contributed by atoms with Gasteiger partial charge in [-0.25, -0.2) is 4.98 Å². The predicted octanol–water partition coefficient (Wildman–Crippen LogP) is 3.05. The number of rotatable bonds is 5. The molecular formula is C17H29BN2O2Si. The Kier molecular flexibility index (Phi) is 5.09. The topological polar surface area (TPSA) is 58.3 Å². The van der Waals surface area contributed by atoms with Crippen LogP contribution in [0.25, 0.3) is 11.0 Å². The second kappa shape index (κ2) is 6.42. The van der Waals surface area contributed by atoms with E-state index in [0.29, 0.717) is 22.1 Å². The molecule has 0 amide bonds. The average molecular weight is 332 g/mol. The molecule has 2 heterocycles. The molecule has 0 fully saturated rings. The molecule has 2 N–H and O–H groups in total. The molecule has 2 aromatic rings. The van der Waals surface area contributed by atoms with E-state index in [1.54, 1.807) is 12.3 Å². The van der Waals surface area contributed by atoms with E-state index in [1.165, 1.54) is 5.69 Å². The zero-order valence-corrected chi connectivity index (χ0v) is 16.3. The van der Waals surface area contributed by atoms with Crippen LogP contribution in [0.15, 0.2) is 18.3 Å². The normalized spacial score (nSPS) is 12.9. The quantitative estimate of drug-likeness (QED) is 0.828. The van der Waals surface area contributed by atoms with E-state index in [2.05, 4.69) is 63.7 Å². The largest absolute Gasteiger partial charge is 0.489 e. The molecule has 0 unspecified atom stereocenters. The SMILES string of the molecule is Cc1cc2c(B(O)O)ccnc2n1[Si](C(C)C)(C(C)C)C(C)C. The van der Waals surface area contributed by atoms with Gasteiger partial charge in [0.25, 0.3) is 0 Å². The Morgan fingerprint density at radius 3 is 2.00 bits per heavy atom. The summed E-state index contributed by atoms with van der Waals surface area (Å²) in [4.78, 5) is 4.63. The Balaban J connectivity index is 2.90. The number of hydrogen-bond acceptors (Lipinski definition) is 3. The van der Waals surface area contributed by atoms with Crippen LogP contribution in [0, 0.1) is 6.92 Å². The lowest BCUT2D eigenvalue weighted by molar-refractivity contribution is 0.426. The highest BCUT2D eigenvalue weighted by Crippen LogP contribution is 2.44. The van der Waals surface area contributed by atoms with Gasteiger partial charge in [-0.1, -0.05) is 41.5 Å². The lowest BCUT2D eigenvalue weighted by atomic mass is 9.79. The average Bonchev–Trinajstić information content (AvgIpc) is 2.75. The molecule has 0 saturated heterocycles. The van der Waals surface area contributed by atoms with Crippen molar-refractivity contribution in [1.29, 1.82) is 0 Å². The first-order chi connectivity index (χ1) is 10.7. The summed E-state index contributed by atoms with van der Waals surface area (Å²) in [5.41, 5.74) is 4.28. The molecule has 0 radical (unpaired) electrons. The van der Waals surface area contributed by atoms with Crippen LogP contribution in [0.2, 0.25) is 16.6 Å². The predicted molar refractivity (Wildman–Crippen MR) is 101 cm³/mol. The van der Waals surface area contributed by atoms with Gasteiger partial charge in [0.2, 0.25) is 0 Å². The number of aryl methyl sites for hydroxylation is 1. The van der Waals surface area contributed by atoms with Gasteiger partial charge in [0.15, 0.2) is 8.24 Å². The maximum absolute atomic E-state index is 9.68. The molecule has 4 nitrogen and oxygen atoms in total. The lowest BCUT2D eigenvalue weighted by Crippen LogP contribution is -2.52. The first kappa shape index (κ1) is 18.2. The number of aromatic nitrogens is 2. The zero-order valence-electron chi connectivity index (χ0n) is 15.3. The minimum Gasteiger partial charge on any atom is -0.423 e. The van der Waals surface area contributed by atoms with Crippen LogP contribution in [-0.2, 0) is 0 Å². The summed E-state index contributed by atoms with van der Waals surface area (Å²) in [6, 6.07) is 3.76. The third kappa shape index (κ3) is 2.67. The molecule has 126 valence electrons. The van der Waals surface area contributed by atoms with E-state index < -0.39 is 15.4 Å². The van der Waals surface area contributed by atoms with Crippen LogP contribution >= 0.6 is 0 Å². The van der Waals surface area contributed by atoms with E-state index >= 15 is 0 Å². The van der Waals surface area contributed by atoms with Crippen LogP contribution in [-0.4, -0.2) is 34.6 Å². The number of pyridine rings is 1. The van der Waals surface area contributed by atoms with Gasteiger partial charge in [-0.15, -0.1) is 0 Å². The number of hydrogen-bond donors (Lipinski definition) is 2. The van der Waals surface area contributed by atoms with Crippen molar-refractivity contribution in [3.05, 3.63) is 24.0 Å². The second-order valence-electron chi connectivity index (χ2n) is 7.48. The van der Waals surface area contributed by atoms with E-state index in [-0.39, 0.29) is 0 Å². The molecule has 0 bridgehead atoms. The maximum atomic E-state index is 9.68. The highest BCUT2D eigenvalue weighted by molar-refractivity contribution is 6.82. The summed E-state index contributed by atoms with van der Waals surface area (Å²) in [5, 5.41) is 20.2. The van der Waals surface area contributed by atoms with Crippen LogP contribution in [0.5, 0.6) is 0 Å². The highest BCUT2D eigenvalue weighted by atomic mass is 28.3. The Bertz CT molecular complexity index is 673. The Labute approximate surface area is 140 Å². The van der Waals surface area contributed by atoms with Crippen LogP contribution in [0.3, 0.4) is 0 Å². The fourth-order valence-electron chi connectivity index (χ4n) is 4.73. The van der Waals surface area contributed by atoms with Crippen molar-refractivity contribution in [3.63, 3.8) is 0 Å². The van der Waals surface area contributed by atoms with Gasteiger partial charge >= 0.3 is 7.12 Å². The third-order valence-corrected chi connectivity index (χ3v) is 12.2. The van der Waals surface area contributed by atoms with Crippen molar-refractivity contribution < 1.29 is 10.0 Å². The summed E-state index contributed by atoms with van der Waals surface area (Å²) in [5.74, 6) is 0. The maximum Gasteiger partial charge on any atom is 0.489 e. The summed E-state index contributed by atoms with van der Waals surface area (Å²) in [6.07, 6.45) is 1.69. The highest BCUT2D eigenvalue weighted by Gasteiger charge is 2.47. The molecule has 0 spiro atoms. The van der Waals surface area contributed by atoms with E-state index in [0.717, 1.165) is 11.0 Å². The molecule has 6 heteroatoms. The molecular weight excluding hydrogens is 303 g/mol. The first-order valence-electron chi connectivity index (χ1n) is 8.49. The molecule has 0 aromatic carbocycles. The molecule has 0 aliphatic heterocycles. The standard InChI is InChI=1S/C17H29BN2O2Si/c1-11(2)23(12(3)4,13(5)6)20-14(7)10-15-16(18(21)22)8-9-19-17(15)20/h8-13,21-22H,1-7H3. The smallest absolute Gasteiger partial charge is 0.423 e. The van der Waals surface area contributed by atoms with Gasteiger partial charge < -0.3 is 14.3 Å². The van der Waals surface area contributed by atoms with Gasteiger partial charge in [-0.2, -0.15) is 0 Å². The summed E-state index contributed by atoms with van der Waals surface area (Å²) >= 11 is 0. The van der Waals surface area contributed by atoms with Crippen molar-refractivity contribution >= 4 is 31.9 Å². The summed E-state index contributed by atoms with van der Waals surface area (Å²) < 4.78 is 2.47. The van der Waals surface area contributed by atoms with Crippen molar-refractivity contribution in [2.45, 2.75) is 65.1 Å². The molecule has 2 rings (SSSR count). The van der Waals surface area contributed by atoms with Crippen LogP contribution in [0.1, 0.15) is 47.2 Å². The molecule has 23 heavy (non-hydrogen) atoms.